The van der Waals surface area contributed by atoms with Crippen molar-refractivity contribution in [3.05, 3.63) is 102 Å². The number of benzene rings is 2. The normalized spacial score (nSPS) is 21.3. The molecule has 2 aliphatic heterocycles. The SMILES string of the molecule is COc1cc(OC)c2c(c1Cl)OC1(C(=O)C3=C(CC1C)Nc1[nH]c(=O)[nH]c(=O)c1C3c1ccc(-c3ccccc3C(=O)O)o1)C2=O. The van der Waals surface area contributed by atoms with Crippen LogP contribution in [0.3, 0.4) is 0 Å². The van der Waals surface area contributed by atoms with Gasteiger partial charge in [-0.15, -0.1) is 0 Å². The second-order valence-corrected chi connectivity index (χ2v) is 11.5. The Bertz CT molecular complexity index is 2180. The summed E-state index contributed by atoms with van der Waals surface area (Å²) in [7, 11) is 2.74. The summed E-state index contributed by atoms with van der Waals surface area (Å²) in [6, 6.07) is 10.7. The first-order valence-corrected chi connectivity index (χ1v) is 14.4. The average Bonchev–Trinajstić information content (AvgIpc) is 3.64. The number of H-pyrrole nitrogens is 2. The quantitative estimate of drug-likeness (QED) is 0.228. The Labute approximate surface area is 263 Å². The number of ketones is 2. The van der Waals surface area contributed by atoms with E-state index in [0.717, 1.165) is 0 Å². The van der Waals surface area contributed by atoms with Crippen LogP contribution in [0.15, 0.2) is 67.7 Å². The first-order valence-electron chi connectivity index (χ1n) is 14.0. The summed E-state index contributed by atoms with van der Waals surface area (Å²) in [5.41, 5.74) is -3.17. The van der Waals surface area contributed by atoms with E-state index in [9.17, 15) is 29.1 Å². The van der Waals surface area contributed by atoms with Crippen LogP contribution in [0.2, 0.25) is 5.02 Å². The van der Waals surface area contributed by atoms with E-state index in [-0.39, 0.29) is 73.9 Å². The topological polar surface area (TPSA) is 190 Å². The molecule has 1 aliphatic carbocycles. The van der Waals surface area contributed by atoms with Gasteiger partial charge in [-0.2, -0.15) is 0 Å². The lowest BCUT2D eigenvalue weighted by Gasteiger charge is -2.41. The number of nitrogens with one attached hydrogen (secondary N) is 3. The van der Waals surface area contributed by atoms with Crippen LogP contribution in [-0.2, 0) is 4.79 Å². The second-order valence-electron chi connectivity index (χ2n) is 11.1. The maximum atomic E-state index is 14.9. The molecule has 2 aromatic heterocycles. The predicted molar refractivity (Wildman–Crippen MR) is 162 cm³/mol. The molecule has 0 bridgehead atoms. The van der Waals surface area contributed by atoms with Crippen LogP contribution in [-0.4, -0.2) is 52.4 Å². The van der Waals surface area contributed by atoms with Crippen molar-refractivity contribution in [3.63, 3.8) is 0 Å². The van der Waals surface area contributed by atoms with E-state index >= 15 is 0 Å². The molecule has 0 amide bonds. The van der Waals surface area contributed by atoms with Crippen LogP contribution in [0.25, 0.3) is 11.3 Å². The van der Waals surface area contributed by atoms with E-state index in [2.05, 4.69) is 15.3 Å². The Kier molecular flexibility index (Phi) is 6.49. The number of ether oxygens (including phenoxy) is 3. The Hall–Kier alpha value is -5.56. The third-order valence-electron chi connectivity index (χ3n) is 8.70. The molecule has 46 heavy (non-hydrogen) atoms. The van der Waals surface area contributed by atoms with E-state index in [0.29, 0.717) is 5.70 Å². The second kappa shape index (κ2) is 10.2. The highest BCUT2D eigenvalue weighted by atomic mass is 35.5. The lowest BCUT2D eigenvalue weighted by molar-refractivity contribution is -0.130. The molecule has 3 unspecified atom stereocenters. The molecule has 234 valence electrons. The fourth-order valence-electron chi connectivity index (χ4n) is 6.61. The molecular formula is C32H24ClN3O10. The predicted octanol–water partition coefficient (Wildman–Crippen LogP) is 4.13. The Morgan fingerprint density at radius 3 is 2.48 bits per heavy atom. The highest BCUT2D eigenvalue weighted by molar-refractivity contribution is 6.36. The fourth-order valence-corrected chi connectivity index (χ4v) is 6.87. The van der Waals surface area contributed by atoms with Crippen molar-refractivity contribution < 1.29 is 38.1 Å². The largest absolute Gasteiger partial charge is 0.496 e. The summed E-state index contributed by atoms with van der Waals surface area (Å²) in [5.74, 6) is -4.11. The number of halogens is 1. The molecule has 0 radical (unpaired) electrons. The Balaban J connectivity index is 1.43. The van der Waals surface area contributed by atoms with Crippen LogP contribution in [0.5, 0.6) is 17.2 Å². The number of hydrogen-bond donors (Lipinski definition) is 4. The fraction of sp³-hybridized carbons (Fsp3) is 0.219. The number of rotatable bonds is 5. The van der Waals surface area contributed by atoms with Gasteiger partial charge in [-0.05, 0) is 24.6 Å². The number of carboxylic acid groups (broad SMARTS) is 1. The minimum Gasteiger partial charge on any atom is -0.496 e. The lowest BCUT2D eigenvalue weighted by Crippen LogP contribution is -2.58. The summed E-state index contributed by atoms with van der Waals surface area (Å²) in [4.78, 5) is 71.6. The molecular weight excluding hydrogens is 622 g/mol. The third-order valence-corrected chi connectivity index (χ3v) is 9.05. The summed E-state index contributed by atoms with van der Waals surface area (Å²) < 4.78 is 23.3. The number of aromatic nitrogens is 2. The molecule has 3 atom stereocenters. The average molecular weight is 646 g/mol. The van der Waals surface area contributed by atoms with E-state index < -0.39 is 46.2 Å². The summed E-state index contributed by atoms with van der Waals surface area (Å²) in [6.07, 6.45) is 0.0814. The molecule has 4 aromatic rings. The number of carboxylic acids is 1. The number of aromatic carboxylic acids is 1. The van der Waals surface area contributed by atoms with E-state index in [1.54, 1.807) is 25.1 Å². The zero-order chi connectivity index (χ0) is 32.7. The molecule has 0 fully saturated rings. The zero-order valence-corrected chi connectivity index (χ0v) is 25.2. The monoisotopic (exact) mass is 645 g/mol. The van der Waals surface area contributed by atoms with Crippen LogP contribution in [0, 0.1) is 5.92 Å². The number of fused-ring (bicyclic) bond motifs is 2. The molecule has 0 saturated carbocycles. The molecule has 4 heterocycles. The maximum absolute atomic E-state index is 14.9. The minimum absolute atomic E-state index is 0.00113. The van der Waals surface area contributed by atoms with Crippen molar-refractivity contribution in [2.24, 2.45) is 5.92 Å². The van der Waals surface area contributed by atoms with Crippen molar-refractivity contribution in [2.45, 2.75) is 24.9 Å². The van der Waals surface area contributed by atoms with E-state index in [4.69, 9.17) is 30.2 Å². The number of aromatic amines is 2. The first kappa shape index (κ1) is 29.2. The van der Waals surface area contributed by atoms with Crippen LogP contribution >= 0.6 is 11.6 Å². The maximum Gasteiger partial charge on any atom is 0.336 e. The number of carbonyl (C=O) groups is 3. The highest BCUT2D eigenvalue weighted by Gasteiger charge is 2.64. The van der Waals surface area contributed by atoms with Crippen molar-refractivity contribution in [2.75, 3.05) is 19.5 Å². The van der Waals surface area contributed by atoms with Gasteiger partial charge in [-0.1, -0.05) is 36.7 Å². The molecule has 14 heteroatoms. The standard InChI is InChI=1S/C32H24ClN3O10/c1-12-10-15-20(26(37)32(12)27(38)22-18(43-2)11-19(44-3)24(33)25(22)46-32)21(23-28(34-15)35-31(42)36-29(23)39)17-9-8-16(45-17)13-6-4-5-7-14(13)30(40)41/h4-9,11-12,21H,10H2,1-3H3,(H,40,41)(H3,34,35,36,39,42). The van der Waals surface area contributed by atoms with E-state index in [1.165, 1.54) is 38.5 Å². The van der Waals surface area contributed by atoms with Gasteiger partial charge < -0.3 is 29.1 Å². The molecule has 2 aromatic carbocycles. The van der Waals surface area contributed by atoms with E-state index in [1.807, 2.05) is 0 Å². The number of allylic oxidation sites excluding steroid dienone is 1. The van der Waals surface area contributed by atoms with Gasteiger partial charge in [0.1, 0.15) is 39.4 Å². The van der Waals surface area contributed by atoms with Crippen molar-refractivity contribution in [1.82, 2.24) is 9.97 Å². The molecule has 4 N–H and O–H groups in total. The first-order chi connectivity index (χ1) is 22.0. The van der Waals surface area contributed by atoms with Gasteiger partial charge in [0, 0.05) is 28.8 Å². The van der Waals surface area contributed by atoms with Gasteiger partial charge in [0.2, 0.25) is 17.2 Å². The van der Waals surface area contributed by atoms with Gasteiger partial charge in [0.05, 0.1) is 31.3 Å². The Morgan fingerprint density at radius 1 is 1.02 bits per heavy atom. The van der Waals surface area contributed by atoms with Crippen LogP contribution in [0.1, 0.15) is 51.3 Å². The Morgan fingerprint density at radius 2 is 1.76 bits per heavy atom. The molecule has 13 nitrogen and oxygen atoms in total. The van der Waals surface area contributed by atoms with Gasteiger partial charge >= 0.3 is 11.7 Å². The van der Waals surface area contributed by atoms with Crippen LogP contribution < -0.4 is 30.8 Å². The summed E-state index contributed by atoms with van der Waals surface area (Å²) in [6.45, 7) is 1.67. The van der Waals surface area contributed by atoms with Crippen molar-refractivity contribution >= 4 is 35.0 Å². The van der Waals surface area contributed by atoms with Gasteiger partial charge in [0.15, 0.2) is 5.75 Å². The summed E-state index contributed by atoms with van der Waals surface area (Å²) >= 11 is 6.58. The van der Waals surface area contributed by atoms with Gasteiger partial charge in [-0.25, -0.2) is 9.59 Å². The van der Waals surface area contributed by atoms with Gasteiger partial charge in [0.25, 0.3) is 5.56 Å². The minimum atomic E-state index is -2.10. The molecule has 7 rings (SSSR count). The number of Topliss-reactive ketones (excluding diaryl/α,β-unsaturated/α-hetero) is 2. The number of carbonyl (C=O) groups excluding carboxylic acids is 2. The molecule has 1 spiro atoms. The molecule has 0 saturated heterocycles. The summed E-state index contributed by atoms with van der Waals surface area (Å²) in [5, 5.41) is 12.7. The third kappa shape index (κ3) is 3.91. The number of methoxy groups -OCH3 is 2. The lowest BCUT2D eigenvalue weighted by atomic mass is 9.66. The van der Waals surface area contributed by atoms with Crippen molar-refractivity contribution in [1.29, 1.82) is 0 Å². The number of hydrogen-bond acceptors (Lipinski definition) is 10. The number of furan rings is 1. The smallest absolute Gasteiger partial charge is 0.336 e. The number of anilines is 1. The zero-order valence-electron chi connectivity index (χ0n) is 24.4. The van der Waals surface area contributed by atoms with Crippen LogP contribution in [0.4, 0.5) is 5.82 Å². The van der Waals surface area contributed by atoms with Gasteiger partial charge in [-0.3, -0.25) is 24.4 Å². The molecule has 3 aliphatic rings. The highest BCUT2D eigenvalue weighted by Crippen LogP contribution is 2.56. The van der Waals surface area contributed by atoms with Crippen molar-refractivity contribution in [3.8, 4) is 28.6 Å².